The predicted molar refractivity (Wildman–Crippen MR) is 77.8 cm³/mol. The van der Waals surface area contributed by atoms with E-state index in [1.807, 2.05) is 36.4 Å². The van der Waals surface area contributed by atoms with Crippen LogP contribution in [0.3, 0.4) is 0 Å². The Morgan fingerprint density at radius 1 is 1.00 bits per heavy atom. The van der Waals surface area contributed by atoms with Crippen molar-refractivity contribution in [3.8, 4) is 0 Å². The van der Waals surface area contributed by atoms with E-state index < -0.39 is 0 Å². The molecule has 2 N–H and O–H groups in total. The molecular formula is C16H17ClFN. The Kier molecular flexibility index (Phi) is 4.94. The molecule has 1 unspecified atom stereocenters. The average molecular weight is 278 g/mol. The minimum Gasteiger partial charge on any atom is -0.330 e. The number of nitrogens with two attached hydrogens (primary N) is 1. The van der Waals surface area contributed by atoms with Gasteiger partial charge in [-0.05, 0) is 54.6 Å². The summed E-state index contributed by atoms with van der Waals surface area (Å²) in [5, 5.41) is 0.724. The summed E-state index contributed by atoms with van der Waals surface area (Å²) in [6.07, 6.45) is 1.49. The third-order valence-corrected chi connectivity index (χ3v) is 3.49. The summed E-state index contributed by atoms with van der Waals surface area (Å²) in [5.74, 6) is 0.0788. The van der Waals surface area contributed by atoms with E-state index in [1.54, 1.807) is 6.07 Å². The number of hydrogen-bond donors (Lipinski definition) is 1. The van der Waals surface area contributed by atoms with E-state index in [9.17, 15) is 4.39 Å². The zero-order valence-electron chi connectivity index (χ0n) is 10.7. The molecule has 0 aliphatic carbocycles. The lowest BCUT2D eigenvalue weighted by Crippen LogP contribution is -2.19. The van der Waals surface area contributed by atoms with Crippen LogP contribution in [0.5, 0.6) is 0 Å². The highest BCUT2D eigenvalue weighted by Gasteiger charge is 2.11. The maximum absolute atomic E-state index is 13.6. The summed E-state index contributed by atoms with van der Waals surface area (Å²) in [4.78, 5) is 0. The van der Waals surface area contributed by atoms with Gasteiger partial charge in [-0.2, -0.15) is 0 Å². The largest absolute Gasteiger partial charge is 0.330 e. The highest BCUT2D eigenvalue weighted by atomic mass is 35.5. The summed E-state index contributed by atoms with van der Waals surface area (Å²) < 4.78 is 13.6. The molecule has 100 valence electrons. The highest BCUT2D eigenvalue weighted by Crippen LogP contribution is 2.18. The molecule has 0 aromatic heterocycles. The van der Waals surface area contributed by atoms with Gasteiger partial charge in [0.25, 0.3) is 0 Å². The zero-order chi connectivity index (χ0) is 13.7. The van der Waals surface area contributed by atoms with E-state index in [0.717, 1.165) is 17.0 Å². The maximum atomic E-state index is 13.6. The SMILES string of the molecule is NCC(Cc1ccc(Cl)cc1)Cc1ccccc1F. The minimum atomic E-state index is -0.156. The van der Waals surface area contributed by atoms with Crippen LogP contribution < -0.4 is 5.73 Å². The van der Waals surface area contributed by atoms with Gasteiger partial charge in [-0.3, -0.25) is 0 Å². The first kappa shape index (κ1) is 14.0. The Hall–Kier alpha value is -1.38. The molecule has 0 aliphatic heterocycles. The minimum absolute atomic E-state index is 0.156. The molecule has 3 heteroatoms. The molecule has 0 amide bonds. The van der Waals surface area contributed by atoms with Crippen LogP contribution >= 0.6 is 11.6 Å². The molecule has 1 atom stereocenters. The molecule has 2 aromatic rings. The van der Waals surface area contributed by atoms with Crippen LogP contribution in [0, 0.1) is 11.7 Å². The molecule has 0 saturated heterocycles. The van der Waals surface area contributed by atoms with Crippen molar-refractivity contribution < 1.29 is 4.39 Å². The summed E-state index contributed by atoms with van der Waals surface area (Å²) >= 11 is 5.86. The van der Waals surface area contributed by atoms with Gasteiger partial charge in [0.05, 0.1) is 0 Å². The van der Waals surface area contributed by atoms with Crippen LogP contribution in [0.1, 0.15) is 11.1 Å². The lowest BCUT2D eigenvalue weighted by molar-refractivity contribution is 0.512. The zero-order valence-corrected chi connectivity index (χ0v) is 11.4. The smallest absolute Gasteiger partial charge is 0.126 e. The number of rotatable bonds is 5. The number of benzene rings is 2. The van der Waals surface area contributed by atoms with Crippen LogP contribution in [0.4, 0.5) is 4.39 Å². The molecule has 0 aliphatic rings. The molecule has 0 radical (unpaired) electrons. The molecule has 2 aromatic carbocycles. The van der Waals surface area contributed by atoms with Crippen LogP contribution in [-0.4, -0.2) is 6.54 Å². The second-order valence-corrected chi connectivity index (χ2v) is 5.16. The van der Waals surface area contributed by atoms with Crippen molar-refractivity contribution in [3.63, 3.8) is 0 Å². The molecular weight excluding hydrogens is 261 g/mol. The molecule has 0 heterocycles. The van der Waals surface area contributed by atoms with E-state index in [0.29, 0.717) is 13.0 Å². The van der Waals surface area contributed by atoms with Gasteiger partial charge in [0.15, 0.2) is 0 Å². The Labute approximate surface area is 118 Å². The van der Waals surface area contributed by atoms with Crippen molar-refractivity contribution in [2.75, 3.05) is 6.54 Å². The fraction of sp³-hybridized carbons (Fsp3) is 0.250. The summed E-state index contributed by atoms with van der Waals surface area (Å²) in [6.45, 7) is 0.539. The Balaban J connectivity index is 2.05. The molecule has 0 bridgehead atoms. The van der Waals surface area contributed by atoms with Gasteiger partial charge in [0, 0.05) is 5.02 Å². The van der Waals surface area contributed by atoms with E-state index in [2.05, 4.69) is 0 Å². The third kappa shape index (κ3) is 4.05. The highest BCUT2D eigenvalue weighted by molar-refractivity contribution is 6.30. The normalized spacial score (nSPS) is 12.4. The van der Waals surface area contributed by atoms with Crippen molar-refractivity contribution in [1.82, 2.24) is 0 Å². The van der Waals surface area contributed by atoms with Crippen molar-refractivity contribution >= 4 is 11.6 Å². The average Bonchev–Trinajstić information content (AvgIpc) is 2.43. The van der Waals surface area contributed by atoms with Gasteiger partial charge in [-0.1, -0.05) is 41.9 Å². The lowest BCUT2D eigenvalue weighted by atomic mass is 9.92. The first-order valence-corrected chi connectivity index (χ1v) is 6.74. The molecule has 0 fully saturated rings. The van der Waals surface area contributed by atoms with Crippen molar-refractivity contribution in [3.05, 3.63) is 70.5 Å². The number of halogens is 2. The standard InChI is InChI=1S/C16H17ClFN/c17-15-7-5-12(6-8-15)9-13(11-19)10-14-3-1-2-4-16(14)18/h1-8,13H,9-11,19H2. The first-order valence-electron chi connectivity index (χ1n) is 6.37. The van der Waals surface area contributed by atoms with Crippen molar-refractivity contribution in [2.24, 2.45) is 11.7 Å². The van der Waals surface area contributed by atoms with E-state index in [1.165, 1.54) is 11.6 Å². The lowest BCUT2D eigenvalue weighted by Gasteiger charge is -2.15. The van der Waals surface area contributed by atoms with Crippen LogP contribution in [0.15, 0.2) is 48.5 Å². The van der Waals surface area contributed by atoms with Crippen LogP contribution in [0.25, 0.3) is 0 Å². The number of hydrogen-bond acceptors (Lipinski definition) is 1. The fourth-order valence-corrected chi connectivity index (χ4v) is 2.29. The monoisotopic (exact) mass is 277 g/mol. The van der Waals surface area contributed by atoms with Gasteiger partial charge in [-0.25, -0.2) is 4.39 Å². The maximum Gasteiger partial charge on any atom is 0.126 e. The summed E-state index contributed by atoms with van der Waals surface area (Å²) in [7, 11) is 0. The van der Waals surface area contributed by atoms with Gasteiger partial charge in [0.1, 0.15) is 5.82 Å². The van der Waals surface area contributed by atoms with Crippen molar-refractivity contribution in [2.45, 2.75) is 12.8 Å². The molecule has 0 spiro atoms. The Bertz CT molecular complexity index is 525. The van der Waals surface area contributed by atoms with Crippen molar-refractivity contribution in [1.29, 1.82) is 0 Å². The van der Waals surface area contributed by atoms with Gasteiger partial charge < -0.3 is 5.73 Å². The van der Waals surface area contributed by atoms with Gasteiger partial charge in [-0.15, -0.1) is 0 Å². The van der Waals surface area contributed by atoms with Crippen LogP contribution in [-0.2, 0) is 12.8 Å². The summed E-state index contributed by atoms with van der Waals surface area (Å²) in [5.41, 5.74) is 7.71. The quantitative estimate of drug-likeness (QED) is 0.883. The second kappa shape index (κ2) is 6.69. The second-order valence-electron chi connectivity index (χ2n) is 4.73. The molecule has 19 heavy (non-hydrogen) atoms. The molecule has 2 rings (SSSR count). The Morgan fingerprint density at radius 3 is 2.32 bits per heavy atom. The topological polar surface area (TPSA) is 26.0 Å². The van der Waals surface area contributed by atoms with Crippen LogP contribution in [0.2, 0.25) is 5.02 Å². The van der Waals surface area contributed by atoms with Gasteiger partial charge in [0.2, 0.25) is 0 Å². The third-order valence-electron chi connectivity index (χ3n) is 3.24. The predicted octanol–water partition coefficient (Wildman–Crippen LogP) is 3.84. The molecule has 0 saturated carbocycles. The first-order chi connectivity index (χ1) is 9.19. The van der Waals surface area contributed by atoms with Gasteiger partial charge >= 0.3 is 0 Å². The van der Waals surface area contributed by atoms with E-state index >= 15 is 0 Å². The van der Waals surface area contributed by atoms with E-state index in [4.69, 9.17) is 17.3 Å². The summed E-state index contributed by atoms with van der Waals surface area (Å²) in [6, 6.07) is 14.6. The van der Waals surface area contributed by atoms with E-state index in [-0.39, 0.29) is 11.7 Å². The Morgan fingerprint density at radius 2 is 1.68 bits per heavy atom. The molecule has 1 nitrogen and oxygen atoms in total. The fourth-order valence-electron chi connectivity index (χ4n) is 2.17.